The van der Waals surface area contributed by atoms with Crippen LogP contribution in [0.1, 0.15) is 61.8 Å². The van der Waals surface area contributed by atoms with Gasteiger partial charge in [0.2, 0.25) is 0 Å². The molecule has 3 aliphatic heterocycles. The number of nitrogens with one attached hydrogen (secondary N) is 2. The fraction of sp³-hybridized carbons (Fsp3) is 0.310. The van der Waals surface area contributed by atoms with Gasteiger partial charge in [-0.1, -0.05) is 71.7 Å². The number of halogens is 2. The number of ether oxygens (including phenoxy) is 5. The first-order chi connectivity index (χ1) is 26.8. The van der Waals surface area contributed by atoms with E-state index in [2.05, 4.69) is 15.2 Å². The number of piperidine rings is 3. The van der Waals surface area contributed by atoms with Gasteiger partial charge in [-0.3, -0.25) is 4.90 Å². The molecule has 0 aliphatic carbocycles. The molecule has 10 nitrogen and oxygen atoms in total. The Morgan fingerprint density at radius 3 is 2.33 bits per heavy atom. The van der Waals surface area contributed by atoms with Crippen molar-refractivity contribution in [3.05, 3.63) is 139 Å². The number of benzene rings is 3. The van der Waals surface area contributed by atoms with Crippen LogP contribution in [-0.4, -0.2) is 56.9 Å². The molecule has 0 spiro atoms. The highest BCUT2D eigenvalue weighted by molar-refractivity contribution is 7.13. The van der Waals surface area contributed by atoms with Crippen LogP contribution >= 0.6 is 34.5 Å². The summed E-state index contributed by atoms with van der Waals surface area (Å²) in [6.45, 7) is 3.15. The SMILES string of the molecule is COc1ccc([C@H](Cc2c(Cl)c[nH+]cc2Cl)OC(=O)c2ccc(COc3cccc([C@@H](NC(=O)O[C@H]4CN5CCC4CC5)c4ccccc4)c3)s2)cc1OC. The molecule has 1 amide bonds. The Morgan fingerprint density at radius 2 is 1.62 bits per heavy atom. The second-order valence-corrected chi connectivity index (χ2v) is 15.5. The van der Waals surface area contributed by atoms with Gasteiger partial charge >= 0.3 is 12.1 Å². The highest BCUT2D eigenvalue weighted by Gasteiger charge is 2.37. The van der Waals surface area contributed by atoms with Crippen molar-refractivity contribution >= 4 is 46.6 Å². The van der Waals surface area contributed by atoms with Crippen molar-refractivity contribution in [3.63, 3.8) is 0 Å². The number of thiophene rings is 1. The zero-order valence-electron chi connectivity index (χ0n) is 30.5. The predicted molar refractivity (Wildman–Crippen MR) is 210 cm³/mol. The van der Waals surface area contributed by atoms with Gasteiger partial charge in [0.15, 0.2) is 23.9 Å². The molecular weight excluding hydrogens is 761 g/mol. The molecule has 5 aromatic rings. The molecular formula is C42H42Cl2N3O7S+. The summed E-state index contributed by atoms with van der Waals surface area (Å²) in [7, 11) is 3.10. The quantitative estimate of drug-likeness (QED) is 0.111. The van der Waals surface area contributed by atoms with Crippen LogP contribution in [0.25, 0.3) is 0 Å². The van der Waals surface area contributed by atoms with Crippen LogP contribution in [-0.2, 0) is 22.5 Å². The van der Waals surface area contributed by atoms with Gasteiger partial charge in [-0.2, -0.15) is 0 Å². The number of carbonyl (C=O) groups excluding carboxylic acids is 2. The first-order valence-electron chi connectivity index (χ1n) is 18.1. The number of aromatic nitrogens is 1. The highest BCUT2D eigenvalue weighted by Crippen LogP contribution is 2.36. The summed E-state index contributed by atoms with van der Waals surface area (Å²) >= 11 is 14.3. The summed E-state index contributed by atoms with van der Waals surface area (Å²) in [6.07, 6.45) is 4.33. The Balaban J connectivity index is 1.03. The van der Waals surface area contributed by atoms with E-state index in [0.29, 0.717) is 49.2 Å². The topological polar surface area (TPSA) is 110 Å². The number of alkyl carbamates (subject to hydrolysis) is 1. The molecule has 3 aliphatic rings. The van der Waals surface area contributed by atoms with Crippen LogP contribution in [0.4, 0.5) is 4.79 Å². The third-order valence-corrected chi connectivity index (χ3v) is 11.8. The number of aromatic amines is 1. The number of rotatable bonds is 14. The second-order valence-electron chi connectivity index (χ2n) is 13.5. The van der Waals surface area contributed by atoms with Crippen molar-refractivity contribution in [2.45, 2.75) is 44.1 Å². The fourth-order valence-corrected chi connectivity index (χ4v) is 8.50. The van der Waals surface area contributed by atoms with E-state index in [1.807, 2.05) is 66.7 Å². The molecule has 0 radical (unpaired) electrons. The van der Waals surface area contributed by atoms with Crippen LogP contribution in [0, 0.1) is 5.92 Å². The zero-order chi connectivity index (χ0) is 38.3. The van der Waals surface area contributed by atoms with E-state index in [1.165, 1.54) is 11.3 Å². The van der Waals surface area contributed by atoms with Crippen LogP contribution in [0.2, 0.25) is 10.0 Å². The number of hydrogen-bond donors (Lipinski definition) is 1. The second kappa shape index (κ2) is 17.8. The van der Waals surface area contributed by atoms with Gasteiger partial charge in [-0.15, -0.1) is 11.3 Å². The van der Waals surface area contributed by atoms with Crippen LogP contribution in [0.5, 0.6) is 17.2 Å². The maximum Gasteiger partial charge on any atom is 0.408 e. The lowest BCUT2D eigenvalue weighted by Crippen LogP contribution is -2.52. The van der Waals surface area contributed by atoms with Crippen molar-refractivity contribution < 1.29 is 38.3 Å². The summed E-state index contributed by atoms with van der Waals surface area (Å²) in [4.78, 5) is 33.4. The van der Waals surface area contributed by atoms with Crippen molar-refractivity contribution in [2.24, 2.45) is 5.92 Å². The molecule has 2 N–H and O–H groups in total. The molecule has 286 valence electrons. The van der Waals surface area contributed by atoms with Gasteiger partial charge in [0.25, 0.3) is 0 Å². The fourth-order valence-electron chi connectivity index (χ4n) is 7.17. The Morgan fingerprint density at radius 1 is 0.873 bits per heavy atom. The molecule has 3 aromatic carbocycles. The number of H-pyrrole nitrogens is 1. The molecule has 13 heteroatoms. The van der Waals surface area contributed by atoms with Crippen molar-refractivity contribution in [1.82, 2.24) is 10.2 Å². The number of esters is 1. The van der Waals surface area contributed by atoms with Gasteiger partial charge in [-0.05, 0) is 84.9 Å². The minimum Gasteiger partial charge on any atom is -0.493 e. The minimum absolute atomic E-state index is 0.0990. The lowest BCUT2D eigenvalue weighted by Gasteiger charge is -2.43. The molecule has 3 saturated heterocycles. The summed E-state index contributed by atoms with van der Waals surface area (Å²) in [5.74, 6) is 1.56. The first-order valence-corrected chi connectivity index (χ1v) is 19.7. The van der Waals surface area contributed by atoms with E-state index < -0.39 is 24.2 Å². The number of methoxy groups -OCH3 is 2. The maximum absolute atomic E-state index is 13.6. The largest absolute Gasteiger partial charge is 0.493 e. The van der Waals surface area contributed by atoms with E-state index in [4.69, 9.17) is 46.9 Å². The minimum atomic E-state index is -0.742. The van der Waals surface area contributed by atoms with E-state index >= 15 is 0 Å². The third kappa shape index (κ3) is 9.36. The molecule has 3 atom stereocenters. The predicted octanol–water partition coefficient (Wildman–Crippen LogP) is 8.52. The number of hydrogen-bond acceptors (Lipinski definition) is 9. The van der Waals surface area contributed by atoms with Gasteiger partial charge in [0.05, 0.1) is 20.3 Å². The van der Waals surface area contributed by atoms with Gasteiger partial charge in [0.1, 0.15) is 39.5 Å². The van der Waals surface area contributed by atoms with Gasteiger partial charge in [0, 0.05) is 23.4 Å². The van der Waals surface area contributed by atoms with E-state index in [1.54, 1.807) is 44.8 Å². The molecule has 3 fully saturated rings. The number of nitrogens with zero attached hydrogens (tertiary/aromatic N) is 1. The molecule has 8 rings (SSSR count). The lowest BCUT2D eigenvalue weighted by molar-refractivity contribution is -0.377. The Hall–Kier alpha value is -4.81. The molecule has 2 aromatic heterocycles. The van der Waals surface area contributed by atoms with Crippen molar-refractivity contribution in [3.8, 4) is 17.2 Å². The monoisotopic (exact) mass is 802 g/mol. The molecule has 0 unspecified atom stereocenters. The van der Waals surface area contributed by atoms with E-state index in [0.717, 1.165) is 48.5 Å². The number of carbonyl (C=O) groups is 2. The van der Waals surface area contributed by atoms with Crippen LogP contribution in [0.3, 0.4) is 0 Å². The molecule has 0 saturated carbocycles. The first kappa shape index (κ1) is 38.5. The number of pyridine rings is 1. The Bertz CT molecular complexity index is 2090. The zero-order valence-corrected chi connectivity index (χ0v) is 32.8. The smallest absolute Gasteiger partial charge is 0.408 e. The van der Waals surface area contributed by atoms with E-state index in [-0.39, 0.29) is 19.1 Å². The average Bonchev–Trinajstić information content (AvgIpc) is 3.70. The van der Waals surface area contributed by atoms with Crippen molar-refractivity contribution in [1.29, 1.82) is 0 Å². The van der Waals surface area contributed by atoms with Crippen LogP contribution < -0.4 is 24.5 Å². The summed E-state index contributed by atoms with van der Waals surface area (Å²) in [6, 6.07) is 25.9. The normalized spacial score (nSPS) is 18.5. The third-order valence-electron chi connectivity index (χ3n) is 10.1. The summed E-state index contributed by atoms with van der Waals surface area (Å²) in [5.41, 5.74) is 3.09. The van der Waals surface area contributed by atoms with Crippen LogP contribution in [0.15, 0.2) is 97.3 Å². The summed E-state index contributed by atoms with van der Waals surface area (Å²) < 4.78 is 29.3. The molecule has 2 bridgehead atoms. The lowest BCUT2D eigenvalue weighted by atomic mass is 9.86. The maximum atomic E-state index is 13.6. The standard InChI is InChI=1S/C42H41Cl2N3O7S/c1-50-35-13-11-28(20-37(35)51-2)36(21-32-33(43)22-45-23-34(32)44)53-41(48)39-14-12-31(55-39)25-52-30-10-6-9-29(19-30)40(27-7-4-3-5-8-27)46-42(49)54-38-24-47-17-15-26(38)16-18-47/h3-14,19-20,22-23,26,36,38,40H,15-18,21,24-25H2,1-2H3,(H,46,49)/p+1/t36-,38-,40-/m0/s1. The van der Waals surface area contributed by atoms with Crippen molar-refractivity contribution in [2.75, 3.05) is 33.9 Å². The molecule has 55 heavy (non-hydrogen) atoms. The van der Waals surface area contributed by atoms with Gasteiger partial charge < -0.3 is 29.0 Å². The number of amides is 1. The van der Waals surface area contributed by atoms with Gasteiger partial charge in [-0.25, -0.2) is 14.6 Å². The summed E-state index contributed by atoms with van der Waals surface area (Å²) in [5, 5.41) is 3.96. The van der Waals surface area contributed by atoms with E-state index in [9.17, 15) is 9.59 Å². The highest BCUT2D eigenvalue weighted by atomic mass is 35.5. The average molecular weight is 804 g/mol. The molecule has 5 heterocycles. The Labute approximate surface area is 334 Å². The Kier molecular flexibility index (Phi) is 12.4. The number of fused-ring (bicyclic) bond motifs is 3.